The van der Waals surface area contributed by atoms with E-state index < -0.39 is 0 Å². The summed E-state index contributed by atoms with van der Waals surface area (Å²) in [4.78, 5) is 0. The fraction of sp³-hybridized carbons (Fsp3) is 0.167. The first-order valence-corrected chi connectivity index (χ1v) is 7.72. The van der Waals surface area contributed by atoms with Gasteiger partial charge in [-0.25, -0.2) is 0 Å². The maximum Gasteiger partial charge on any atom is 0.161 e. The Kier molecular flexibility index (Phi) is 5.92. The van der Waals surface area contributed by atoms with E-state index in [1.165, 1.54) is 0 Å². The van der Waals surface area contributed by atoms with Crippen molar-refractivity contribution in [3.05, 3.63) is 57.6 Å². The molecular formula is C18H15Cl2NO2. The monoisotopic (exact) mass is 347 g/mol. The van der Waals surface area contributed by atoms with Crippen LogP contribution in [0.25, 0.3) is 11.6 Å². The minimum Gasteiger partial charge on any atom is -0.493 e. The third-order valence-electron chi connectivity index (χ3n) is 3.14. The quantitative estimate of drug-likeness (QED) is 0.532. The van der Waals surface area contributed by atoms with E-state index in [0.29, 0.717) is 39.3 Å². The topological polar surface area (TPSA) is 42.2 Å². The molecule has 0 fully saturated rings. The lowest BCUT2D eigenvalue weighted by molar-refractivity contribution is 0.311. The molecule has 2 aromatic carbocycles. The lowest BCUT2D eigenvalue weighted by Gasteiger charge is -2.10. The molecule has 0 spiro atoms. The fourth-order valence-corrected chi connectivity index (χ4v) is 2.60. The number of nitriles is 1. The number of benzene rings is 2. The first-order chi connectivity index (χ1) is 11.1. The van der Waals surface area contributed by atoms with Crippen LogP contribution in [0.4, 0.5) is 0 Å². The van der Waals surface area contributed by atoms with E-state index in [2.05, 4.69) is 6.07 Å². The van der Waals surface area contributed by atoms with Gasteiger partial charge < -0.3 is 9.47 Å². The summed E-state index contributed by atoms with van der Waals surface area (Å²) in [5, 5.41) is 10.4. The molecule has 0 aromatic heterocycles. The molecular weight excluding hydrogens is 333 g/mol. The second kappa shape index (κ2) is 7.92. The average molecular weight is 348 g/mol. The van der Waals surface area contributed by atoms with Gasteiger partial charge in [0.25, 0.3) is 0 Å². The molecule has 2 aromatic rings. The Labute approximate surface area is 145 Å². The number of hydrogen-bond acceptors (Lipinski definition) is 3. The molecule has 0 aliphatic heterocycles. The molecule has 0 unspecified atom stereocenters. The van der Waals surface area contributed by atoms with Gasteiger partial charge in [-0.2, -0.15) is 5.26 Å². The average Bonchev–Trinajstić information content (AvgIpc) is 2.54. The lowest BCUT2D eigenvalue weighted by atomic mass is 10.0. The zero-order valence-corrected chi connectivity index (χ0v) is 14.3. The molecule has 0 aliphatic rings. The Hall–Kier alpha value is -2.15. The highest BCUT2D eigenvalue weighted by Gasteiger charge is 2.09. The number of nitrogens with zero attached hydrogens (tertiary/aromatic N) is 1. The summed E-state index contributed by atoms with van der Waals surface area (Å²) in [6, 6.07) is 12.7. The van der Waals surface area contributed by atoms with Crippen LogP contribution < -0.4 is 9.47 Å². The van der Waals surface area contributed by atoms with Crippen LogP contribution in [-0.2, 0) is 0 Å². The second-order valence-electron chi connectivity index (χ2n) is 4.64. The maximum absolute atomic E-state index is 9.43. The number of ether oxygens (including phenoxy) is 2. The summed E-state index contributed by atoms with van der Waals surface area (Å²) in [5.41, 5.74) is 1.89. The minimum atomic E-state index is 0.434. The molecule has 0 saturated carbocycles. The van der Waals surface area contributed by atoms with Crippen molar-refractivity contribution in [3.63, 3.8) is 0 Å². The van der Waals surface area contributed by atoms with Crippen molar-refractivity contribution in [2.24, 2.45) is 0 Å². The number of halogens is 2. The SMILES string of the molecule is CCOc1ccc(/C=C(\C#N)c2ccc(Cl)cc2Cl)cc1OC. The van der Waals surface area contributed by atoms with Crippen molar-refractivity contribution >= 4 is 34.9 Å². The molecule has 0 atom stereocenters. The van der Waals surface area contributed by atoms with Crippen LogP contribution in [0.1, 0.15) is 18.1 Å². The van der Waals surface area contributed by atoms with Crippen molar-refractivity contribution in [2.45, 2.75) is 6.92 Å². The summed E-state index contributed by atoms with van der Waals surface area (Å²) in [6.45, 7) is 2.46. The zero-order chi connectivity index (χ0) is 16.8. The van der Waals surface area contributed by atoms with Crippen LogP contribution in [0, 0.1) is 11.3 Å². The zero-order valence-electron chi connectivity index (χ0n) is 12.8. The van der Waals surface area contributed by atoms with Gasteiger partial charge in [0, 0.05) is 10.6 Å². The normalized spacial score (nSPS) is 11.0. The summed E-state index contributed by atoms with van der Waals surface area (Å²) < 4.78 is 10.8. The molecule has 0 radical (unpaired) electrons. The standard InChI is InChI=1S/C18H15Cl2NO2/c1-3-23-17-7-4-12(9-18(17)22-2)8-13(11-21)15-6-5-14(19)10-16(15)20/h4-10H,3H2,1-2H3/b13-8+. The van der Waals surface area contributed by atoms with Gasteiger partial charge in [-0.3, -0.25) is 0 Å². The van der Waals surface area contributed by atoms with Crippen LogP contribution in [-0.4, -0.2) is 13.7 Å². The van der Waals surface area contributed by atoms with Gasteiger partial charge in [0.1, 0.15) is 0 Å². The highest BCUT2D eigenvalue weighted by molar-refractivity contribution is 6.36. The molecule has 118 valence electrons. The van der Waals surface area contributed by atoms with E-state index >= 15 is 0 Å². The summed E-state index contributed by atoms with van der Waals surface area (Å²) >= 11 is 12.1. The van der Waals surface area contributed by atoms with Gasteiger partial charge in [-0.1, -0.05) is 35.3 Å². The fourth-order valence-electron chi connectivity index (χ4n) is 2.09. The van der Waals surface area contributed by atoms with Gasteiger partial charge in [0.2, 0.25) is 0 Å². The Morgan fingerprint density at radius 2 is 1.96 bits per heavy atom. The van der Waals surface area contributed by atoms with Crippen molar-refractivity contribution in [1.82, 2.24) is 0 Å². The van der Waals surface area contributed by atoms with Crippen LogP contribution in [0.2, 0.25) is 10.0 Å². The number of methoxy groups -OCH3 is 1. The first-order valence-electron chi connectivity index (χ1n) is 6.97. The van der Waals surface area contributed by atoms with Crippen LogP contribution in [0.3, 0.4) is 0 Å². The van der Waals surface area contributed by atoms with E-state index in [1.54, 1.807) is 31.4 Å². The Balaban J connectivity index is 2.44. The predicted molar refractivity (Wildman–Crippen MR) is 94.1 cm³/mol. The van der Waals surface area contributed by atoms with Crippen molar-refractivity contribution in [2.75, 3.05) is 13.7 Å². The minimum absolute atomic E-state index is 0.434. The van der Waals surface area contributed by atoms with Gasteiger partial charge >= 0.3 is 0 Å². The molecule has 0 amide bonds. The number of rotatable bonds is 5. The molecule has 0 saturated heterocycles. The third-order valence-corrected chi connectivity index (χ3v) is 3.69. The Bertz CT molecular complexity index is 779. The molecule has 0 N–H and O–H groups in total. The molecule has 0 heterocycles. The van der Waals surface area contributed by atoms with Crippen LogP contribution in [0.5, 0.6) is 11.5 Å². The molecule has 2 rings (SSSR count). The molecule has 5 heteroatoms. The Morgan fingerprint density at radius 1 is 1.17 bits per heavy atom. The Morgan fingerprint density at radius 3 is 2.57 bits per heavy atom. The van der Waals surface area contributed by atoms with Crippen molar-refractivity contribution in [3.8, 4) is 17.6 Å². The summed E-state index contributed by atoms with van der Waals surface area (Å²) in [6.07, 6.45) is 1.74. The van der Waals surface area contributed by atoms with Gasteiger partial charge in [0.05, 0.1) is 30.4 Å². The highest BCUT2D eigenvalue weighted by atomic mass is 35.5. The number of allylic oxidation sites excluding steroid dienone is 1. The molecule has 3 nitrogen and oxygen atoms in total. The van der Waals surface area contributed by atoms with E-state index in [4.69, 9.17) is 32.7 Å². The van der Waals surface area contributed by atoms with Gasteiger partial charge in [0.15, 0.2) is 11.5 Å². The smallest absolute Gasteiger partial charge is 0.161 e. The maximum atomic E-state index is 9.43. The predicted octanol–water partition coefficient (Wildman–Crippen LogP) is 5.46. The van der Waals surface area contributed by atoms with Crippen molar-refractivity contribution < 1.29 is 9.47 Å². The van der Waals surface area contributed by atoms with E-state index in [1.807, 2.05) is 25.1 Å². The second-order valence-corrected chi connectivity index (χ2v) is 5.48. The largest absolute Gasteiger partial charge is 0.493 e. The van der Waals surface area contributed by atoms with E-state index in [-0.39, 0.29) is 0 Å². The molecule has 23 heavy (non-hydrogen) atoms. The molecule has 0 aliphatic carbocycles. The molecule has 0 bridgehead atoms. The van der Waals surface area contributed by atoms with Gasteiger partial charge in [-0.15, -0.1) is 0 Å². The van der Waals surface area contributed by atoms with E-state index in [0.717, 1.165) is 5.56 Å². The summed E-state index contributed by atoms with van der Waals surface area (Å²) in [7, 11) is 1.58. The van der Waals surface area contributed by atoms with Crippen LogP contribution in [0.15, 0.2) is 36.4 Å². The van der Waals surface area contributed by atoms with Crippen LogP contribution >= 0.6 is 23.2 Å². The summed E-state index contributed by atoms with van der Waals surface area (Å²) in [5.74, 6) is 1.27. The third kappa shape index (κ3) is 4.19. The first kappa shape index (κ1) is 17.2. The van der Waals surface area contributed by atoms with E-state index in [9.17, 15) is 5.26 Å². The van der Waals surface area contributed by atoms with Crippen molar-refractivity contribution in [1.29, 1.82) is 5.26 Å². The number of hydrogen-bond donors (Lipinski definition) is 0. The van der Waals surface area contributed by atoms with Gasteiger partial charge in [-0.05, 0) is 42.8 Å². The lowest BCUT2D eigenvalue weighted by Crippen LogP contribution is -1.95. The highest BCUT2D eigenvalue weighted by Crippen LogP contribution is 2.31.